The first-order valence-electron chi connectivity index (χ1n) is 5.48. The lowest BCUT2D eigenvalue weighted by atomic mass is 10.2. The van der Waals surface area contributed by atoms with Crippen molar-refractivity contribution >= 4 is 0 Å². The molecule has 1 aliphatic rings. The van der Waals surface area contributed by atoms with E-state index < -0.39 is 0 Å². The number of hydrogen-bond donors (Lipinski definition) is 2. The molecule has 0 saturated carbocycles. The summed E-state index contributed by atoms with van der Waals surface area (Å²) >= 11 is 0. The van der Waals surface area contributed by atoms with Crippen LogP contribution in [0.3, 0.4) is 0 Å². The van der Waals surface area contributed by atoms with E-state index >= 15 is 0 Å². The molecule has 1 fully saturated rings. The Hall–Kier alpha value is -0.160. The van der Waals surface area contributed by atoms with Crippen LogP contribution in [0.15, 0.2) is 0 Å². The molecule has 2 unspecified atom stereocenters. The summed E-state index contributed by atoms with van der Waals surface area (Å²) in [6, 6.07) is 0.324. The van der Waals surface area contributed by atoms with Crippen LogP contribution in [0, 0.1) is 0 Å². The molecule has 1 heterocycles. The van der Waals surface area contributed by atoms with E-state index in [1.54, 1.807) is 0 Å². The van der Waals surface area contributed by atoms with Gasteiger partial charge in [-0.15, -0.1) is 0 Å². The van der Waals surface area contributed by atoms with Crippen LogP contribution < -0.4 is 5.73 Å². The number of nitrogens with two attached hydrogens (primary N) is 1. The summed E-state index contributed by atoms with van der Waals surface area (Å²) in [6.45, 7) is 5.42. The first-order chi connectivity index (χ1) is 6.81. The van der Waals surface area contributed by atoms with Gasteiger partial charge in [0.1, 0.15) is 0 Å². The molecule has 0 aromatic carbocycles. The maximum absolute atomic E-state index is 9.14. The van der Waals surface area contributed by atoms with Crippen molar-refractivity contribution in [2.24, 2.45) is 5.73 Å². The molecule has 1 saturated heterocycles. The Labute approximate surface area is 86.0 Å². The molecule has 0 amide bonds. The molecular weight excluding hydrogens is 180 g/mol. The molecule has 0 aromatic heterocycles. The second-order valence-corrected chi connectivity index (χ2v) is 3.79. The van der Waals surface area contributed by atoms with Crippen LogP contribution in [-0.4, -0.2) is 55.0 Å². The van der Waals surface area contributed by atoms with Gasteiger partial charge in [-0.05, 0) is 26.3 Å². The summed E-state index contributed by atoms with van der Waals surface area (Å²) in [5, 5.41) is 9.14. The van der Waals surface area contributed by atoms with Crippen molar-refractivity contribution in [2.45, 2.75) is 31.9 Å². The fourth-order valence-corrected chi connectivity index (χ4v) is 2.03. The molecular formula is C10H22N2O2. The minimum absolute atomic E-state index is 0.118. The minimum atomic E-state index is 0.118. The Bertz CT molecular complexity index is 155. The number of ether oxygens (including phenoxy) is 1. The minimum Gasteiger partial charge on any atom is -0.395 e. The van der Waals surface area contributed by atoms with Crippen LogP contribution >= 0.6 is 0 Å². The second-order valence-electron chi connectivity index (χ2n) is 3.79. The van der Waals surface area contributed by atoms with E-state index in [1.165, 1.54) is 6.42 Å². The molecule has 0 spiro atoms. The molecule has 3 N–H and O–H groups in total. The Balaban J connectivity index is 2.32. The third kappa shape index (κ3) is 3.20. The van der Waals surface area contributed by atoms with E-state index in [4.69, 9.17) is 15.6 Å². The van der Waals surface area contributed by atoms with Gasteiger partial charge in [-0.2, -0.15) is 0 Å². The summed E-state index contributed by atoms with van der Waals surface area (Å²) in [6.07, 6.45) is 2.39. The maximum atomic E-state index is 9.14. The Morgan fingerprint density at radius 1 is 1.64 bits per heavy atom. The topological polar surface area (TPSA) is 58.7 Å². The van der Waals surface area contributed by atoms with E-state index in [1.807, 2.05) is 6.92 Å². The first kappa shape index (κ1) is 11.9. The van der Waals surface area contributed by atoms with Gasteiger partial charge < -0.3 is 15.6 Å². The monoisotopic (exact) mass is 202 g/mol. The smallest absolute Gasteiger partial charge is 0.0823 e. The van der Waals surface area contributed by atoms with E-state index in [0.717, 1.165) is 19.5 Å². The van der Waals surface area contributed by atoms with Crippen molar-refractivity contribution in [1.82, 2.24) is 4.90 Å². The third-order valence-electron chi connectivity index (χ3n) is 2.81. The van der Waals surface area contributed by atoms with Crippen LogP contribution in [0.4, 0.5) is 0 Å². The summed E-state index contributed by atoms with van der Waals surface area (Å²) in [7, 11) is 0. The lowest BCUT2D eigenvalue weighted by Crippen LogP contribution is -2.42. The molecule has 4 heteroatoms. The highest BCUT2D eigenvalue weighted by Crippen LogP contribution is 2.16. The predicted molar refractivity (Wildman–Crippen MR) is 56.1 cm³/mol. The number of nitrogens with zero attached hydrogens (tertiary/aromatic N) is 1. The molecule has 0 radical (unpaired) electrons. The van der Waals surface area contributed by atoms with Gasteiger partial charge in [-0.1, -0.05) is 0 Å². The van der Waals surface area contributed by atoms with E-state index in [0.29, 0.717) is 19.2 Å². The molecule has 1 aliphatic heterocycles. The van der Waals surface area contributed by atoms with Gasteiger partial charge in [0.25, 0.3) is 0 Å². The van der Waals surface area contributed by atoms with Crippen molar-refractivity contribution in [3.05, 3.63) is 0 Å². The van der Waals surface area contributed by atoms with Crippen LogP contribution in [0.1, 0.15) is 19.8 Å². The summed E-state index contributed by atoms with van der Waals surface area (Å²) in [5.74, 6) is 0. The average Bonchev–Trinajstić information content (AvgIpc) is 2.64. The van der Waals surface area contributed by atoms with Gasteiger partial charge in [-0.3, -0.25) is 4.90 Å². The molecule has 1 rings (SSSR count). The third-order valence-corrected chi connectivity index (χ3v) is 2.81. The molecule has 2 atom stereocenters. The summed E-state index contributed by atoms with van der Waals surface area (Å²) in [5.41, 5.74) is 5.61. The molecule has 0 bridgehead atoms. The lowest BCUT2D eigenvalue weighted by Gasteiger charge is -2.27. The largest absolute Gasteiger partial charge is 0.395 e. The van der Waals surface area contributed by atoms with Crippen molar-refractivity contribution < 1.29 is 9.84 Å². The number of aliphatic hydroxyl groups is 1. The normalized spacial score (nSPS) is 25.5. The van der Waals surface area contributed by atoms with Gasteiger partial charge in [0.15, 0.2) is 0 Å². The van der Waals surface area contributed by atoms with Crippen molar-refractivity contribution in [3.63, 3.8) is 0 Å². The number of rotatable bonds is 6. The SMILES string of the molecule is CCOC(CN)CN1CCCC1CO. The Morgan fingerprint density at radius 3 is 3.00 bits per heavy atom. The van der Waals surface area contributed by atoms with Gasteiger partial charge in [-0.25, -0.2) is 0 Å². The number of hydrogen-bond acceptors (Lipinski definition) is 4. The maximum Gasteiger partial charge on any atom is 0.0823 e. The lowest BCUT2D eigenvalue weighted by molar-refractivity contribution is 0.0291. The van der Waals surface area contributed by atoms with Crippen molar-refractivity contribution in [1.29, 1.82) is 0 Å². The zero-order valence-electron chi connectivity index (χ0n) is 8.98. The molecule has 14 heavy (non-hydrogen) atoms. The quantitative estimate of drug-likeness (QED) is 0.626. The molecule has 84 valence electrons. The fraction of sp³-hybridized carbons (Fsp3) is 1.00. The highest BCUT2D eigenvalue weighted by Gasteiger charge is 2.25. The van der Waals surface area contributed by atoms with Crippen LogP contribution in [-0.2, 0) is 4.74 Å². The van der Waals surface area contributed by atoms with Crippen LogP contribution in [0.5, 0.6) is 0 Å². The van der Waals surface area contributed by atoms with Gasteiger partial charge in [0, 0.05) is 25.7 Å². The van der Waals surface area contributed by atoms with E-state index in [9.17, 15) is 0 Å². The first-order valence-corrected chi connectivity index (χ1v) is 5.48. The Morgan fingerprint density at radius 2 is 2.43 bits per heavy atom. The van der Waals surface area contributed by atoms with Gasteiger partial charge in [0.2, 0.25) is 0 Å². The van der Waals surface area contributed by atoms with Gasteiger partial charge in [0.05, 0.1) is 12.7 Å². The van der Waals surface area contributed by atoms with E-state index in [2.05, 4.69) is 4.90 Å². The highest BCUT2D eigenvalue weighted by atomic mass is 16.5. The zero-order chi connectivity index (χ0) is 10.4. The number of aliphatic hydroxyl groups excluding tert-OH is 1. The number of likely N-dealkylation sites (tertiary alicyclic amines) is 1. The van der Waals surface area contributed by atoms with E-state index in [-0.39, 0.29) is 12.7 Å². The standard InChI is InChI=1S/C10H22N2O2/c1-2-14-10(6-11)7-12-5-3-4-9(12)8-13/h9-10,13H,2-8,11H2,1H3. The van der Waals surface area contributed by atoms with Crippen molar-refractivity contribution in [2.75, 3.05) is 32.8 Å². The molecule has 0 aromatic rings. The molecule has 4 nitrogen and oxygen atoms in total. The zero-order valence-corrected chi connectivity index (χ0v) is 8.98. The van der Waals surface area contributed by atoms with Gasteiger partial charge >= 0.3 is 0 Å². The fourth-order valence-electron chi connectivity index (χ4n) is 2.03. The summed E-state index contributed by atoms with van der Waals surface area (Å²) in [4.78, 5) is 2.28. The van der Waals surface area contributed by atoms with Crippen LogP contribution in [0.25, 0.3) is 0 Å². The highest BCUT2D eigenvalue weighted by molar-refractivity contribution is 4.80. The summed E-state index contributed by atoms with van der Waals surface area (Å²) < 4.78 is 5.50. The van der Waals surface area contributed by atoms with Crippen LogP contribution in [0.2, 0.25) is 0 Å². The second kappa shape index (κ2) is 6.35. The molecule has 0 aliphatic carbocycles. The Kier molecular flexibility index (Phi) is 5.40. The van der Waals surface area contributed by atoms with Crippen molar-refractivity contribution in [3.8, 4) is 0 Å². The predicted octanol–water partition coefficient (Wildman–Crippen LogP) is -0.193. The average molecular weight is 202 g/mol.